The van der Waals surface area contributed by atoms with E-state index in [0.717, 1.165) is 18.4 Å². The lowest BCUT2D eigenvalue weighted by Gasteiger charge is -2.65. The van der Waals surface area contributed by atoms with Gasteiger partial charge in [-0.25, -0.2) is 9.37 Å². The molecule has 3 aliphatic rings. The van der Waals surface area contributed by atoms with Gasteiger partial charge in [-0.1, -0.05) is 19.9 Å². The predicted octanol–water partition coefficient (Wildman–Crippen LogP) is 4.29. The molecule has 3 unspecified atom stereocenters. The van der Waals surface area contributed by atoms with Crippen molar-refractivity contribution in [3.8, 4) is 11.6 Å². The molecule has 1 aromatic heterocycles. The van der Waals surface area contributed by atoms with Crippen LogP contribution >= 0.6 is 0 Å². The molecule has 0 amide bonds. The minimum absolute atomic E-state index is 0.101. The van der Waals surface area contributed by atoms with Crippen LogP contribution < -0.4 is 10.1 Å². The van der Waals surface area contributed by atoms with E-state index in [-0.39, 0.29) is 17.3 Å². The van der Waals surface area contributed by atoms with Crippen molar-refractivity contribution < 1.29 is 14.2 Å². The van der Waals surface area contributed by atoms with Crippen molar-refractivity contribution in [1.29, 1.82) is 0 Å². The second-order valence-corrected chi connectivity index (χ2v) is 8.76. The molecule has 2 aromatic rings. The summed E-state index contributed by atoms with van der Waals surface area (Å²) in [5.41, 5.74) is 0.593. The molecule has 5 rings (SSSR count). The highest BCUT2D eigenvalue weighted by atomic mass is 19.1. The molecular weight excluding hydrogens is 343 g/mol. The summed E-state index contributed by atoms with van der Waals surface area (Å²) < 4.78 is 18.6. The van der Waals surface area contributed by atoms with E-state index in [1.807, 2.05) is 13.0 Å². The van der Waals surface area contributed by atoms with E-state index in [9.17, 15) is 9.50 Å². The van der Waals surface area contributed by atoms with Crippen molar-refractivity contribution in [1.82, 2.24) is 10.3 Å². The smallest absolute Gasteiger partial charge is 0.219 e. The Morgan fingerprint density at radius 3 is 2.48 bits per heavy atom. The maximum absolute atomic E-state index is 12.9. The van der Waals surface area contributed by atoms with Crippen molar-refractivity contribution in [3.05, 3.63) is 54.0 Å². The Hall–Kier alpha value is -1.98. The summed E-state index contributed by atoms with van der Waals surface area (Å²) in [6, 6.07) is 9.73. The summed E-state index contributed by atoms with van der Waals surface area (Å²) in [4.78, 5) is 4.32. The van der Waals surface area contributed by atoms with Gasteiger partial charge in [-0.05, 0) is 66.8 Å². The van der Waals surface area contributed by atoms with Gasteiger partial charge in [0.2, 0.25) is 5.88 Å². The van der Waals surface area contributed by atoms with Crippen LogP contribution in [0.3, 0.4) is 0 Å². The van der Waals surface area contributed by atoms with E-state index in [1.54, 1.807) is 24.4 Å². The quantitative estimate of drug-likeness (QED) is 0.824. The third-order valence-electron chi connectivity index (χ3n) is 6.79. The third kappa shape index (κ3) is 3.34. The molecule has 1 aromatic carbocycles. The van der Waals surface area contributed by atoms with Crippen LogP contribution in [0.15, 0.2) is 42.6 Å². The van der Waals surface area contributed by atoms with Crippen molar-refractivity contribution >= 4 is 0 Å². The summed E-state index contributed by atoms with van der Waals surface area (Å²) in [5.74, 6) is 1.76. The lowest BCUT2D eigenvalue weighted by Crippen LogP contribution is -2.69. The van der Waals surface area contributed by atoms with Crippen LogP contribution in [0.5, 0.6) is 11.6 Å². The molecule has 3 aliphatic carbocycles. The number of rotatable bonds is 5. The van der Waals surface area contributed by atoms with Gasteiger partial charge in [-0.3, -0.25) is 0 Å². The van der Waals surface area contributed by atoms with Gasteiger partial charge in [0.05, 0.1) is 5.60 Å². The van der Waals surface area contributed by atoms with E-state index in [4.69, 9.17) is 4.74 Å². The molecule has 2 N–H and O–H groups in total. The van der Waals surface area contributed by atoms with Crippen LogP contribution in [0.4, 0.5) is 4.39 Å². The predicted molar refractivity (Wildman–Crippen MR) is 102 cm³/mol. The van der Waals surface area contributed by atoms with Gasteiger partial charge in [0.15, 0.2) is 0 Å². The number of aliphatic hydroxyl groups is 1. The van der Waals surface area contributed by atoms with Crippen LogP contribution in [0, 0.1) is 23.1 Å². The number of benzene rings is 1. The number of halogens is 1. The maximum atomic E-state index is 12.9. The lowest BCUT2D eigenvalue weighted by atomic mass is 9.43. The van der Waals surface area contributed by atoms with Gasteiger partial charge in [0.1, 0.15) is 11.6 Å². The first kappa shape index (κ1) is 18.4. The first-order chi connectivity index (χ1) is 12.8. The average Bonchev–Trinajstić information content (AvgIpc) is 2.63. The monoisotopic (exact) mass is 370 g/mol. The largest absolute Gasteiger partial charge is 0.439 e. The van der Waals surface area contributed by atoms with Gasteiger partial charge in [-0.15, -0.1) is 0 Å². The summed E-state index contributed by atoms with van der Waals surface area (Å²) >= 11 is 0. The van der Waals surface area contributed by atoms with E-state index in [2.05, 4.69) is 24.1 Å². The zero-order valence-corrected chi connectivity index (χ0v) is 16.1. The number of pyridine rings is 1. The number of hydrogen-bond acceptors (Lipinski definition) is 4. The Morgan fingerprint density at radius 2 is 1.89 bits per heavy atom. The number of hydrogen-bond donors (Lipinski definition) is 2. The fourth-order valence-corrected chi connectivity index (χ4v) is 4.90. The molecule has 0 aliphatic heterocycles. The van der Waals surface area contributed by atoms with Crippen LogP contribution in [-0.4, -0.2) is 21.7 Å². The standard InChI is InChI=1S/C22H27FN2O2/c1-21(2)15-10-18(21)22(3,26)19(11-15)24-12-14-4-9-20(25-13-14)27-17-7-5-16(23)6-8-17/h4-9,13,15,18-19,24,26H,10-12H2,1-3H3/t15?,18?,19?,22-/m1/s1. The highest BCUT2D eigenvalue weighted by Gasteiger charge is 2.62. The van der Waals surface area contributed by atoms with Gasteiger partial charge in [0, 0.05) is 24.8 Å². The summed E-state index contributed by atoms with van der Waals surface area (Å²) in [6.07, 6.45) is 3.92. The van der Waals surface area contributed by atoms with Crippen LogP contribution in [-0.2, 0) is 6.54 Å². The zero-order valence-electron chi connectivity index (χ0n) is 16.1. The molecule has 1 heterocycles. The van der Waals surface area contributed by atoms with Gasteiger partial charge < -0.3 is 15.2 Å². The van der Waals surface area contributed by atoms with E-state index < -0.39 is 5.60 Å². The molecule has 144 valence electrons. The fraction of sp³-hybridized carbons (Fsp3) is 0.500. The molecule has 4 atom stereocenters. The molecule has 4 nitrogen and oxygen atoms in total. The summed E-state index contributed by atoms with van der Waals surface area (Å²) in [5, 5.41) is 14.6. The maximum Gasteiger partial charge on any atom is 0.219 e. The number of aromatic nitrogens is 1. The Morgan fingerprint density at radius 1 is 1.15 bits per heavy atom. The summed E-state index contributed by atoms with van der Waals surface area (Å²) in [7, 11) is 0. The Kier molecular flexibility index (Phi) is 4.47. The number of nitrogens with zero attached hydrogens (tertiary/aromatic N) is 1. The van der Waals surface area contributed by atoms with Crippen molar-refractivity contribution in [3.63, 3.8) is 0 Å². The van der Waals surface area contributed by atoms with Crippen LogP contribution in [0.25, 0.3) is 0 Å². The van der Waals surface area contributed by atoms with Crippen molar-refractivity contribution in [2.24, 2.45) is 17.3 Å². The second-order valence-electron chi connectivity index (χ2n) is 8.76. The Labute approximate surface area is 159 Å². The van der Waals surface area contributed by atoms with Crippen LogP contribution in [0.2, 0.25) is 0 Å². The molecule has 2 bridgehead atoms. The second kappa shape index (κ2) is 6.57. The van der Waals surface area contributed by atoms with Gasteiger partial charge in [0.25, 0.3) is 0 Å². The van der Waals surface area contributed by atoms with Gasteiger partial charge in [-0.2, -0.15) is 0 Å². The average molecular weight is 370 g/mol. The Balaban J connectivity index is 1.35. The molecule has 0 saturated heterocycles. The highest BCUT2D eigenvalue weighted by molar-refractivity contribution is 5.28. The minimum Gasteiger partial charge on any atom is -0.439 e. The van der Waals surface area contributed by atoms with E-state index in [0.29, 0.717) is 30.0 Å². The number of fused-ring (bicyclic) bond motifs is 2. The van der Waals surface area contributed by atoms with Crippen LogP contribution in [0.1, 0.15) is 39.2 Å². The fourth-order valence-electron chi connectivity index (χ4n) is 4.90. The molecule has 3 fully saturated rings. The molecule has 3 saturated carbocycles. The first-order valence-corrected chi connectivity index (χ1v) is 9.61. The van der Waals surface area contributed by atoms with E-state index in [1.165, 1.54) is 12.1 Å². The van der Waals surface area contributed by atoms with Gasteiger partial charge >= 0.3 is 0 Å². The number of ether oxygens (including phenoxy) is 1. The first-order valence-electron chi connectivity index (χ1n) is 9.61. The lowest BCUT2D eigenvalue weighted by molar-refractivity contribution is -0.209. The SMILES string of the molecule is CC1(C)C2CC(NCc3ccc(Oc4ccc(F)cc4)nc3)[C@](C)(O)C1C2. The minimum atomic E-state index is -0.683. The topological polar surface area (TPSA) is 54.4 Å². The highest BCUT2D eigenvalue weighted by Crippen LogP contribution is 2.62. The Bertz CT molecular complexity index is 802. The molecule has 0 radical (unpaired) electrons. The normalized spacial score (nSPS) is 31.2. The van der Waals surface area contributed by atoms with Crippen molar-refractivity contribution in [2.75, 3.05) is 0 Å². The van der Waals surface area contributed by atoms with E-state index >= 15 is 0 Å². The van der Waals surface area contributed by atoms with Crippen molar-refractivity contribution in [2.45, 2.75) is 51.8 Å². The zero-order chi connectivity index (χ0) is 19.2. The molecular formula is C22H27FN2O2. The molecule has 27 heavy (non-hydrogen) atoms. The molecule has 5 heteroatoms. The number of nitrogens with one attached hydrogen (secondary N) is 1. The molecule has 0 spiro atoms. The summed E-state index contributed by atoms with van der Waals surface area (Å²) in [6.45, 7) is 7.19. The third-order valence-corrected chi connectivity index (χ3v) is 6.79.